The molecule has 1 atom stereocenters. The van der Waals surface area contributed by atoms with Crippen molar-refractivity contribution in [3.8, 4) is 0 Å². The molecule has 1 aromatic carbocycles. The Labute approximate surface area is 198 Å². The second kappa shape index (κ2) is 14.1. The van der Waals surface area contributed by atoms with Crippen LogP contribution >= 0.6 is 11.3 Å². The van der Waals surface area contributed by atoms with Crippen LogP contribution in [0.3, 0.4) is 0 Å². The van der Waals surface area contributed by atoms with Gasteiger partial charge in [-0.05, 0) is 38.7 Å². The summed E-state index contributed by atoms with van der Waals surface area (Å²) >= 11 is 1.43. The summed E-state index contributed by atoms with van der Waals surface area (Å²) in [5.74, 6) is -0.253. The van der Waals surface area contributed by atoms with Crippen molar-refractivity contribution in [2.75, 3.05) is 20.1 Å². The summed E-state index contributed by atoms with van der Waals surface area (Å²) in [6.45, 7) is 4.34. The number of ether oxygens (including phenoxy) is 1. The lowest BCUT2D eigenvalue weighted by atomic mass is 10.0. The van der Waals surface area contributed by atoms with Crippen LogP contribution in [0.1, 0.15) is 37.1 Å². The first-order valence-electron chi connectivity index (χ1n) is 11.0. The predicted molar refractivity (Wildman–Crippen MR) is 128 cm³/mol. The molecule has 0 radical (unpaired) electrons. The van der Waals surface area contributed by atoms with E-state index in [-0.39, 0.29) is 37.2 Å². The van der Waals surface area contributed by atoms with E-state index in [0.717, 1.165) is 10.4 Å². The lowest BCUT2D eigenvalue weighted by Gasteiger charge is -2.21. The Morgan fingerprint density at radius 3 is 2.58 bits per heavy atom. The molecule has 0 fully saturated rings. The predicted octanol–water partition coefficient (Wildman–Crippen LogP) is 2.93. The third-order valence-corrected chi connectivity index (χ3v) is 5.78. The van der Waals surface area contributed by atoms with E-state index in [1.807, 2.05) is 44.2 Å². The molecule has 10 heteroatoms. The van der Waals surface area contributed by atoms with Crippen molar-refractivity contribution in [1.29, 1.82) is 0 Å². The summed E-state index contributed by atoms with van der Waals surface area (Å²) in [7, 11) is 1.68. The molecule has 0 aliphatic carbocycles. The Morgan fingerprint density at radius 1 is 1.15 bits per heavy atom. The van der Waals surface area contributed by atoms with Gasteiger partial charge in [0.2, 0.25) is 5.91 Å². The number of rotatable bonds is 12. The number of hydrogen-bond acceptors (Lipinski definition) is 6. The minimum absolute atomic E-state index is 0.0516. The molecule has 33 heavy (non-hydrogen) atoms. The summed E-state index contributed by atoms with van der Waals surface area (Å²) in [6, 6.07) is 9.51. The maximum absolute atomic E-state index is 12.3. The highest BCUT2D eigenvalue weighted by molar-refractivity contribution is 7.09. The zero-order valence-corrected chi connectivity index (χ0v) is 20.2. The van der Waals surface area contributed by atoms with E-state index < -0.39 is 6.09 Å². The van der Waals surface area contributed by atoms with Crippen LogP contribution < -0.4 is 16.0 Å². The fourth-order valence-electron chi connectivity index (χ4n) is 2.94. The molecular weight excluding hydrogens is 442 g/mol. The van der Waals surface area contributed by atoms with Crippen LogP contribution in [0.25, 0.3) is 0 Å². The van der Waals surface area contributed by atoms with E-state index in [9.17, 15) is 14.4 Å². The van der Waals surface area contributed by atoms with E-state index in [1.54, 1.807) is 18.8 Å². The van der Waals surface area contributed by atoms with Crippen LogP contribution in [0.2, 0.25) is 0 Å². The molecule has 2 rings (SSSR count). The molecular formula is C23H33N5O4S. The van der Waals surface area contributed by atoms with Crippen molar-refractivity contribution < 1.29 is 19.1 Å². The largest absolute Gasteiger partial charge is 0.444 e. The second-order valence-corrected chi connectivity index (χ2v) is 8.90. The van der Waals surface area contributed by atoms with Gasteiger partial charge in [-0.15, -0.1) is 11.3 Å². The van der Waals surface area contributed by atoms with Crippen molar-refractivity contribution in [2.24, 2.45) is 0 Å². The molecule has 3 N–H and O–H groups in total. The minimum Gasteiger partial charge on any atom is -0.444 e. The smallest absolute Gasteiger partial charge is 0.407 e. The number of amides is 4. The van der Waals surface area contributed by atoms with Gasteiger partial charge in [0.25, 0.3) is 0 Å². The van der Waals surface area contributed by atoms with Crippen molar-refractivity contribution in [3.05, 3.63) is 52.5 Å². The molecule has 0 aliphatic heterocycles. The number of aromatic nitrogens is 1. The number of carbonyl (C=O) groups excluding carboxylic acids is 3. The number of hydrogen-bond donors (Lipinski definition) is 3. The Hall–Kier alpha value is -3.14. The van der Waals surface area contributed by atoms with Crippen LogP contribution in [-0.2, 0) is 22.6 Å². The molecule has 1 heterocycles. The van der Waals surface area contributed by atoms with Crippen molar-refractivity contribution in [1.82, 2.24) is 25.8 Å². The number of alkyl carbamates (subject to hydrolysis) is 1. The molecule has 0 saturated heterocycles. The van der Waals surface area contributed by atoms with Gasteiger partial charge in [0.15, 0.2) is 0 Å². The number of nitrogens with one attached hydrogen (secondary N) is 3. The van der Waals surface area contributed by atoms with Crippen LogP contribution in [0.4, 0.5) is 9.59 Å². The van der Waals surface area contributed by atoms with Crippen molar-refractivity contribution in [2.45, 2.75) is 51.8 Å². The molecule has 4 amide bonds. The molecule has 0 spiro atoms. The lowest BCUT2D eigenvalue weighted by molar-refractivity contribution is -0.120. The number of thiazole rings is 1. The van der Waals surface area contributed by atoms with E-state index >= 15 is 0 Å². The van der Waals surface area contributed by atoms with E-state index in [4.69, 9.17) is 4.74 Å². The van der Waals surface area contributed by atoms with Crippen molar-refractivity contribution in [3.63, 3.8) is 0 Å². The average molecular weight is 476 g/mol. The van der Waals surface area contributed by atoms with Crippen LogP contribution in [0, 0.1) is 0 Å². The SMILES string of the molecule is CC(C)N(C)C(=O)NCC(=O)NCCCC(Cc1ccccc1)NC(=O)OCc1cncs1. The quantitative estimate of drug-likeness (QED) is 0.409. The first kappa shape index (κ1) is 26.1. The molecule has 0 saturated carbocycles. The molecule has 0 bridgehead atoms. The highest BCUT2D eigenvalue weighted by Gasteiger charge is 2.15. The monoisotopic (exact) mass is 475 g/mol. The van der Waals surface area contributed by atoms with Gasteiger partial charge in [-0.25, -0.2) is 9.59 Å². The Morgan fingerprint density at radius 2 is 1.91 bits per heavy atom. The number of benzene rings is 1. The second-order valence-electron chi connectivity index (χ2n) is 7.93. The van der Waals surface area contributed by atoms with Gasteiger partial charge >= 0.3 is 12.1 Å². The normalized spacial score (nSPS) is 11.5. The van der Waals surface area contributed by atoms with E-state index in [2.05, 4.69) is 20.9 Å². The minimum atomic E-state index is -0.481. The fourth-order valence-corrected chi connectivity index (χ4v) is 3.44. The lowest BCUT2D eigenvalue weighted by Crippen LogP contribution is -2.45. The number of urea groups is 1. The molecule has 2 aromatic rings. The van der Waals surface area contributed by atoms with Crippen LogP contribution in [0.15, 0.2) is 42.0 Å². The molecule has 180 valence electrons. The molecule has 0 aliphatic rings. The maximum Gasteiger partial charge on any atom is 0.407 e. The highest BCUT2D eigenvalue weighted by Crippen LogP contribution is 2.10. The van der Waals surface area contributed by atoms with Gasteiger partial charge in [0, 0.05) is 31.9 Å². The Balaban J connectivity index is 1.75. The van der Waals surface area contributed by atoms with Crippen LogP contribution in [-0.4, -0.2) is 60.1 Å². The van der Waals surface area contributed by atoms with Crippen molar-refractivity contribution >= 4 is 29.4 Å². The van der Waals surface area contributed by atoms with Gasteiger partial charge in [0.1, 0.15) is 6.61 Å². The van der Waals surface area contributed by atoms with Gasteiger partial charge < -0.3 is 25.6 Å². The first-order chi connectivity index (χ1) is 15.8. The average Bonchev–Trinajstić information content (AvgIpc) is 3.32. The first-order valence-corrected chi connectivity index (χ1v) is 11.8. The van der Waals surface area contributed by atoms with E-state index in [0.29, 0.717) is 25.8 Å². The third-order valence-electron chi connectivity index (χ3n) is 5.02. The summed E-state index contributed by atoms with van der Waals surface area (Å²) in [5.41, 5.74) is 2.79. The van der Waals surface area contributed by atoms with Gasteiger partial charge in [-0.2, -0.15) is 0 Å². The zero-order chi connectivity index (χ0) is 24.1. The molecule has 1 unspecified atom stereocenters. The standard InChI is InChI=1S/C23H33N5O4S/c1-17(2)28(3)22(30)26-14-21(29)25-11-7-10-19(12-18-8-5-4-6-9-18)27-23(31)32-15-20-13-24-16-33-20/h4-6,8-9,13,16-17,19H,7,10-12,14-15H2,1-3H3,(H,25,29)(H,26,30)(H,27,31). The zero-order valence-electron chi connectivity index (χ0n) is 19.4. The van der Waals surface area contributed by atoms with Gasteiger partial charge in [-0.1, -0.05) is 30.3 Å². The highest BCUT2D eigenvalue weighted by atomic mass is 32.1. The van der Waals surface area contributed by atoms with Crippen LogP contribution in [0.5, 0.6) is 0 Å². The Bertz CT molecular complexity index is 861. The summed E-state index contributed by atoms with van der Waals surface area (Å²) < 4.78 is 5.30. The fraction of sp³-hybridized carbons (Fsp3) is 0.478. The molecule has 1 aromatic heterocycles. The van der Waals surface area contributed by atoms with Gasteiger partial charge in [-0.3, -0.25) is 9.78 Å². The topological polar surface area (TPSA) is 113 Å². The Kier molecular flexibility index (Phi) is 11.2. The number of nitrogens with zero attached hydrogens (tertiary/aromatic N) is 2. The molecule has 9 nitrogen and oxygen atoms in total. The van der Waals surface area contributed by atoms with E-state index in [1.165, 1.54) is 16.2 Å². The van der Waals surface area contributed by atoms with Gasteiger partial charge in [0.05, 0.1) is 16.9 Å². The summed E-state index contributed by atoms with van der Waals surface area (Å²) in [6.07, 6.45) is 3.17. The maximum atomic E-state index is 12.3. The summed E-state index contributed by atoms with van der Waals surface area (Å²) in [5, 5.41) is 8.32. The third kappa shape index (κ3) is 10.3. The summed E-state index contributed by atoms with van der Waals surface area (Å²) in [4.78, 5) is 42.5. The number of carbonyl (C=O) groups is 3.